The van der Waals surface area contributed by atoms with E-state index in [1.807, 2.05) is 13.0 Å². The lowest BCUT2D eigenvalue weighted by atomic mass is 10.1. The maximum atomic E-state index is 10.7. The van der Waals surface area contributed by atoms with Crippen molar-refractivity contribution in [2.45, 2.75) is 71.6 Å². The highest BCUT2D eigenvalue weighted by molar-refractivity contribution is 5.86. The molecule has 0 fully saturated rings. The Morgan fingerprint density at radius 1 is 1.00 bits per heavy atom. The summed E-state index contributed by atoms with van der Waals surface area (Å²) in [6.45, 7) is 4.12. The second-order valence-electron chi connectivity index (χ2n) is 4.30. The Morgan fingerprint density at radius 2 is 1.56 bits per heavy atom. The molecule has 0 saturated carbocycles. The molecule has 0 unspecified atom stereocenters. The van der Waals surface area contributed by atoms with Gasteiger partial charge < -0.3 is 5.11 Å². The molecule has 0 aromatic rings. The molecule has 0 heterocycles. The van der Waals surface area contributed by atoms with E-state index < -0.39 is 5.97 Å². The Kier molecular flexibility index (Phi) is 10.2. The first-order chi connectivity index (χ1) is 7.72. The van der Waals surface area contributed by atoms with Gasteiger partial charge in [0.1, 0.15) is 0 Å². The normalized spacial score (nSPS) is 11.8. The van der Waals surface area contributed by atoms with E-state index in [0.29, 0.717) is 12.0 Å². The highest BCUT2D eigenvalue weighted by atomic mass is 16.4. The van der Waals surface area contributed by atoms with Crippen LogP contribution in [0.5, 0.6) is 0 Å². The van der Waals surface area contributed by atoms with Gasteiger partial charge in [-0.05, 0) is 19.3 Å². The van der Waals surface area contributed by atoms with Crippen LogP contribution in [0.15, 0.2) is 11.6 Å². The minimum Gasteiger partial charge on any atom is -0.478 e. The molecule has 2 heteroatoms. The predicted octanol–water partition coefficient (Wildman–Crippen LogP) is 4.55. The minimum atomic E-state index is -0.759. The van der Waals surface area contributed by atoms with Crippen molar-refractivity contribution in [1.82, 2.24) is 0 Å². The van der Waals surface area contributed by atoms with Gasteiger partial charge in [-0.3, -0.25) is 0 Å². The zero-order valence-corrected chi connectivity index (χ0v) is 10.8. The first-order valence-electron chi connectivity index (χ1n) is 6.64. The zero-order chi connectivity index (χ0) is 12.2. The summed E-state index contributed by atoms with van der Waals surface area (Å²) in [4.78, 5) is 10.7. The molecule has 0 saturated heterocycles. The third-order valence-corrected chi connectivity index (χ3v) is 2.85. The number of aliphatic carboxylic acids is 1. The largest absolute Gasteiger partial charge is 0.478 e. The molecule has 0 bridgehead atoms. The molecule has 0 rings (SSSR count). The fourth-order valence-corrected chi connectivity index (χ4v) is 1.76. The number of unbranched alkanes of at least 4 members (excludes halogenated alkanes) is 7. The fourth-order valence-electron chi connectivity index (χ4n) is 1.76. The van der Waals surface area contributed by atoms with Crippen LogP contribution in [-0.2, 0) is 4.79 Å². The average Bonchev–Trinajstić information content (AvgIpc) is 2.26. The fraction of sp³-hybridized carbons (Fsp3) is 0.786. The Bertz CT molecular complexity index is 207. The first kappa shape index (κ1) is 15.2. The monoisotopic (exact) mass is 226 g/mol. The van der Waals surface area contributed by atoms with Crippen LogP contribution in [0.1, 0.15) is 71.6 Å². The smallest absolute Gasteiger partial charge is 0.331 e. The third-order valence-electron chi connectivity index (χ3n) is 2.85. The molecular weight excluding hydrogens is 200 g/mol. The molecule has 1 N–H and O–H groups in total. The van der Waals surface area contributed by atoms with Gasteiger partial charge in [-0.15, -0.1) is 0 Å². The summed E-state index contributed by atoms with van der Waals surface area (Å²) in [6.07, 6.45) is 12.4. The summed E-state index contributed by atoms with van der Waals surface area (Å²) in [5.41, 5.74) is 0.561. The Labute approximate surface area is 99.7 Å². The molecule has 0 atom stereocenters. The molecule has 0 aliphatic carbocycles. The number of carboxylic acid groups (broad SMARTS) is 1. The van der Waals surface area contributed by atoms with Gasteiger partial charge in [0.05, 0.1) is 0 Å². The van der Waals surface area contributed by atoms with Crippen molar-refractivity contribution in [3.8, 4) is 0 Å². The van der Waals surface area contributed by atoms with Gasteiger partial charge in [0.2, 0.25) is 0 Å². The van der Waals surface area contributed by atoms with Gasteiger partial charge in [-0.25, -0.2) is 4.79 Å². The van der Waals surface area contributed by atoms with Crippen LogP contribution in [-0.4, -0.2) is 11.1 Å². The molecule has 2 nitrogen and oxygen atoms in total. The van der Waals surface area contributed by atoms with Gasteiger partial charge in [-0.1, -0.05) is 58.4 Å². The van der Waals surface area contributed by atoms with E-state index >= 15 is 0 Å². The number of rotatable bonds is 10. The highest BCUT2D eigenvalue weighted by Crippen LogP contribution is 2.10. The number of hydrogen-bond acceptors (Lipinski definition) is 1. The van der Waals surface area contributed by atoms with Crippen LogP contribution < -0.4 is 0 Å². The number of allylic oxidation sites excluding steroid dienone is 1. The number of carboxylic acids is 1. The molecule has 0 amide bonds. The standard InChI is InChI=1S/C14H26O2/c1-3-5-6-7-8-9-10-11-12-13(4-2)14(15)16/h12H,3-11H2,1-2H3,(H,15,16). The summed E-state index contributed by atoms with van der Waals surface area (Å²) in [5, 5.41) is 8.80. The van der Waals surface area contributed by atoms with Crippen LogP contribution in [0.4, 0.5) is 0 Å². The lowest BCUT2D eigenvalue weighted by molar-refractivity contribution is -0.132. The van der Waals surface area contributed by atoms with E-state index in [2.05, 4.69) is 6.92 Å². The van der Waals surface area contributed by atoms with Crippen LogP contribution in [0, 0.1) is 0 Å². The average molecular weight is 226 g/mol. The van der Waals surface area contributed by atoms with Crippen molar-refractivity contribution >= 4 is 5.97 Å². The van der Waals surface area contributed by atoms with E-state index in [1.54, 1.807) is 0 Å². The van der Waals surface area contributed by atoms with Gasteiger partial charge in [0.15, 0.2) is 0 Å². The summed E-state index contributed by atoms with van der Waals surface area (Å²) in [6, 6.07) is 0. The van der Waals surface area contributed by atoms with Crippen LogP contribution in [0.25, 0.3) is 0 Å². The number of carbonyl (C=O) groups is 1. The third kappa shape index (κ3) is 8.51. The summed E-state index contributed by atoms with van der Waals surface area (Å²) < 4.78 is 0. The maximum Gasteiger partial charge on any atom is 0.331 e. The van der Waals surface area contributed by atoms with Crippen molar-refractivity contribution in [3.05, 3.63) is 11.6 Å². The topological polar surface area (TPSA) is 37.3 Å². The molecular formula is C14H26O2. The van der Waals surface area contributed by atoms with Gasteiger partial charge in [-0.2, -0.15) is 0 Å². The molecule has 94 valence electrons. The first-order valence-corrected chi connectivity index (χ1v) is 6.64. The van der Waals surface area contributed by atoms with E-state index in [9.17, 15) is 4.79 Å². The Morgan fingerprint density at radius 3 is 2.06 bits per heavy atom. The van der Waals surface area contributed by atoms with Gasteiger partial charge >= 0.3 is 5.97 Å². The van der Waals surface area contributed by atoms with E-state index in [4.69, 9.17) is 5.11 Å². The second kappa shape index (κ2) is 10.7. The molecule has 0 aliphatic rings. The molecule has 0 radical (unpaired) electrons. The van der Waals surface area contributed by atoms with E-state index in [0.717, 1.165) is 12.8 Å². The van der Waals surface area contributed by atoms with Crippen molar-refractivity contribution in [1.29, 1.82) is 0 Å². The van der Waals surface area contributed by atoms with Crippen LogP contribution >= 0.6 is 0 Å². The van der Waals surface area contributed by atoms with Crippen molar-refractivity contribution in [2.75, 3.05) is 0 Å². The van der Waals surface area contributed by atoms with Gasteiger partial charge in [0, 0.05) is 5.57 Å². The van der Waals surface area contributed by atoms with Crippen LogP contribution in [0.2, 0.25) is 0 Å². The quantitative estimate of drug-likeness (QED) is 0.438. The molecule has 16 heavy (non-hydrogen) atoms. The lowest BCUT2D eigenvalue weighted by Crippen LogP contribution is -1.98. The summed E-state index contributed by atoms with van der Waals surface area (Å²) >= 11 is 0. The lowest BCUT2D eigenvalue weighted by Gasteiger charge is -2.00. The molecule has 0 aromatic carbocycles. The SMILES string of the molecule is CCCCCCCCCC=C(CC)C(=O)O. The predicted molar refractivity (Wildman–Crippen MR) is 68.6 cm³/mol. The summed E-state index contributed by atoms with van der Waals surface area (Å²) in [7, 11) is 0. The summed E-state index contributed by atoms with van der Waals surface area (Å²) in [5.74, 6) is -0.759. The zero-order valence-electron chi connectivity index (χ0n) is 10.8. The van der Waals surface area contributed by atoms with Gasteiger partial charge in [0.25, 0.3) is 0 Å². The molecule has 0 spiro atoms. The molecule has 0 aromatic heterocycles. The maximum absolute atomic E-state index is 10.7. The van der Waals surface area contributed by atoms with Crippen LogP contribution in [0.3, 0.4) is 0 Å². The minimum absolute atomic E-state index is 0.561. The van der Waals surface area contributed by atoms with E-state index in [1.165, 1.54) is 38.5 Å². The van der Waals surface area contributed by atoms with E-state index in [-0.39, 0.29) is 0 Å². The number of hydrogen-bond donors (Lipinski definition) is 1. The van der Waals surface area contributed by atoms with Crippen molar-refractivity contribution in [2.24, 2.45) is 0 Å². The highest BCUT2D eigenvalue weighted by Gasteiger charge is 2.02. The Hall–Kier alpha value is -0.790. The second-order valence-corrected chi connectivity index (χ2v) is 4.30. The molecule has 0 aliphatic heterocycles. The van der Waals surface area contributed by atoms with Crippen molar-refractivity contribution < 1.29 is 9.90 Å². The van der Waals surface area contributed by atoms with Crippen molar-refractivity contribution in [3.63, 3.8) is 0 Å². The Balaban J connectivity index is 3.41.